The molecule has 255 valence electrons. The van der Waals surface area contributed by atoms with Gasteiger partial charge in [0.15, 0.2) is 0 Å². The molecule has 2 aliphatic rings. The minimum Gasteiger partial charge on any atom is -0.871 e. The van der Waals surface area contributed by atoms with Gasteiger partial charge >= 0.3 is 76.5 Å². The number of non-ortho nitro benzene ring substituents is 1. The number of carbonyl (C=O) groups excluding carboxylic acids is 2. The predicted octanol–water partition coefficient (Wildman–Crippen LogP) is -1.80. The van der Waals surface area contributed by atoms with Crippen molar-refractivity contribution in [2.24, 2.45) is 20.4 Å². The minimum atomic E-state index is -4.90. The van der Waals surface area contributed by atoms with Crippen molar-refractivity contribution in [3.05, 3.63) is 141 Å². The molecule has 6 rings (SSSR count). The van der Waals surface area contributed by atoms with Crippen LogP contribution in [0, 0.1) is 20.5 Å². The summed E-state index contributed by atoms with van der Waals surface area (Å²) in [6, 6.07) is 19.1. The van der Waals surface area contributed by atoms with Crippen molar-refractivity contribution in [1.29, 1.82) is 0 Å². The van der Waals surface area contributed by atoms with E-state index in [4.69, 9.17) is 0 Å². The summed E-state index contributed by atoms with van der Waals surface area (Å²) in [4.78, 5) is 33.5. The van der Waals surface area contributed by atoms with Crippen molar-refractivity contribution in [1.82, 2.24) is 5.23 Å². The fourth-order valence-electron chi connectivity index (χ4n) is 4.53. The van der Waals surface area contributed by atoms with Crippen molar-refractivity contribution in [3.8, 4) is 11.5 Å². The van der Waals surface area contributed by atoms with Crippen LogP contribution in [-0.2, 0) is 32.3 Å². The Morgan fingerprint density at radius 1 is 0.736 bits per heavy atom. The maximum absolute atomic E-state index is 12.4. The Balaban J connectivity index is 0.000000351. The molecule has 0 spiro atoms. The summed E-state index contributed by atoms with van der Waals surface area (Å²) in [5.41, 5.74) is -1.53. The van der Waals surface area contributed by atoms with Gasteiger partial charge in [-0.25, -0.2) is 8.42 Å². The molecular weight excluding hydrogens is 774 g/mol. The molecule has 0 unspecified atom stereocenters. The first kappa shape index (κ1) is 45.0. The molecule has 1 radical (unpaired) electrons. The first-order chi connectivity index (χ1) is 23.7. The molecule has 2 aliphatic carbocycles. The molecule has 0 amide bonds. The van der Waals surface area contributed by atoms with Crippen LogP contribution >= 0.6 is 0 Å². The van der Waals surface area contributed by atoms with E-state index in [9.17, 15) is 53.3 Å². The molecule has 0 heterocycles. The Morgan fingerprint density at radius 3 is 2.00 bits per heavy atom. The Labute approximate surface area is 354 Å². The number of hydrogen-bond acceptors (Lipinski definition) is 16. The van der Waals surface area contributed by atoms with E-state index in [1.165, 1.54) is 36.4 Å². The first-order valence-electron chi connectivity index (χ1n) is 13.9. The Morgan fingerprint density at radius 2 is 1.38 bits per heavy atom. The van der Waals surface area contributed by atoms with Gasteiger partial charge in [0.25, 0.3) is 5.69 Å². The number of rotatable bonds is 6. The van der Waals surface area contributed by atoms with E-state index in [-0.39, 0.29) is 116 Å². The smallest absolute Gasteiger partial charge is 0.871 e. The molecule has 53 heavy (non-hydrogen) atoms. The topological polar surface area (TPSA) is 279 Å². The Hall–Kier alpha value is -4.20. The van der Waals surface area contributed by atoms with E-state index in [1.807, 2.05) is 12.1 Å². The average Bonchev–Trinajstić information content (AvgIpc) is 3.08. The van der Waals surface area contributed by atoms with Crippen molar-refractivity contribution in [2.45, 2.75) is 0 Å². The van der Waals surface area contributed by atoms with E-state index >= 15 is 0 Å². The summed E-state index contributed by atoms with van der Waals surface area (Å²) in [6.07, 6.45) is 3.59. The molecule has 0 N–H and O–H groups in total. The molecule has 0 aromatic heterocycles. The number of benzene rings is 4. The second kappa shape index (κ2) is 19.2. The zero-order valence-corrected chi connectivity index (χ0v) is 33.4. The van der Waals surface area contributed by atoms with Crippen molar-refractivity contribution < 1.29 is 114 Å². The third-order valence-electron chi connectivity index (χ3n) is 6.90. The van der Waals surface area contributed by atoms with Crippen LogP contribution in [-0.4, -0.2) is 46.1 Å². The maximum Gasteiger partial charge on any atom is 3.00 e. The van der Waals surface area contributed by atoms with E-state index in [0.29, 0.717) is 5.39 Å². The SMILES string of the molecule is O=C1C=C(N([O-])[O-])C=CC1=NN=C1C=C(S(=O)(=O)[O-])c2ccccc2C1=O.O=[N+]([O-])c1ccc(N=Nc2c([O-])ccc3ccccc23)c([O-])c1.[Cr+3].[Na+].[Na+]. The van der Waals surface area contributed by atoms with Crippen molar-refractivity contribution >= 4 is 65.8 Å². The van der Waals surface area contributed by atoms with Crippen LogP contribution in [0.15, 0.2) is 129 Å². The van der Waals surface area contributed by atoms with E-state index in [2.05, 4.69) is 20.4 Å². The summed E-state index contributed by atoms with van der Waals surface area (Å²) in [5, 5.41) is 71.1. The summed E-state index contributed by atoms with van der Waals surface area (Å²) in [5.74, 6) is -2.44. The van der Waals surface area contributed by atoms with Crippen molar-refractivity contribution in [3.63, 3.8) is 0 Å². The van der Waals surface area contributed by atoms with Crippen LogP contribution in [0.5, 0.6) is 11.5 Å². The molecule has 0 saturated heterocycles. The summed E-state index contributed by atoms with van der Waals surface area (Å²) >= 11 is 0. The minimum absolute atomic E-state index is 0. The second-order valence-electron chi connectivity index (χ2n) is 10.1. The maximum atomic E-state index is 12.4. The van der Waals surface area contributed by atoms with Gasteiger partial charge in [-0.1, -0.05) is 72.2 Å². The van der Waals surface area contributed by atoms with Crippen LogP contribution in [0.4, 0.5) is 17.1 Å². The zero-order valence-electron chi connectivity index (χ0n) is 27.3. The number of allylic oxidation sites excluding steroid dienone is 4. The van der Waals surface area contributed by atoms with Gasteiger partial charge in [0.2, 0.25) is 11.6 Å². The van der Waals surface area contributed by atoms with Gasteiger partial charge in [-0.05, 0) is 29.7 Å². The van der Waals surface area contributed by atoms with Gasteiger partial charge in [0.1, 0.15) is 21.5 Å². The van der Waals surface area contributed by atoms with E-state index in [0.717, 1.165) is 41.8 Å². The molecule has 0 atom stereocenters. The van der Waals surface area contributed by atoms with Gasteiger partial charge < -0.3 is 30.4 Å². The van der Waals surface area contributed by atoms with Gasteiger partial charge in [-0.3, -0.25) is 19.7 Å². The summed E-state index contributed by atoms with van der Waals surface area (Å²) in [7, 11) is -4.90. The van der Waals surface area contributed by atoms with Gasteiger partial charge in [-0.15, -0.1) is 10.2 Å². The number of Topliss-reactive ketones (excluding diaryl/α,β-unsaturated/α-hetero) is 1. The van der Waals surface area contributed by atoms with Crippen LogP contribution in [0.3, 0.4) is 0 Å². The molecule has 21 heteroatoms. The number of hydrogen-bond donors (Lipinski definition) is 0. The second-order valence-corrected chi connectivity index (χ2v) is 11.4. The standard InChI is InChI=1S/C16H9N3O7S.C16H11N3O4.Cr.2Na/c20-14-7-9(19(22)23)5-6-12(14)17-18-13-8-15(27(24,25)26)10-3-1-2-4-11(10)16(13)21;20-14-8-5-10-3-1-2-4-12(10)16(14)18-17-13-7-6-11(19(22)23)9-15(13)21;;;/h1-8H,(H,24,25,26);1-9,20-21H;;;/q-2;;+3;2*+1/p-3. The predicted molar refractivity (Wildman–Crippen MR) is 174 cm³/mol. The third-order valence-corrected chi connectivity index (χ3v) is 7.78. The van der Waals surface area contributed by atoms with Crippen molar-refractivity contribution in [2.75, 3.05) is 0 Å². The number of nitrogens with zero attached hydrogens (tertiary/aromatic N) is 6. The number of hydroxylamine groups is 2. The zero-order chi connectivity index (χ0) is 36.2. The molecule has 0 bridgehead atoms. The molecule has 4 aromatic carbocycles. The third kappa shape index (κ3) is 10.7. The van der Waals surface area contributed by atoms with Crippen LogP contribution in [0.25, 0.3) is 15.7 Å². The summed E-state index contributed by atoms with van der Waals surface area (Å²) < 4.78 is 34.5. The quantitative estimate of drug-likeness (QED) is 0.0523. The monoisotopic (exact) mass is 791 g/mol. The largest absolute Gasteiger partial charge is 3.00 e. The van der Waals surface area contributed by atoms with Gasteiger partial charge in [0.05, 0.1) is 21.2 Å². The number of nitro benzene ring substituents is 1. The van der Waals surface area contributed by atoms with Gasteiger partial charge in [-0.2, -0.15) is 10.2 Å². The van der Waals surface area contributed by atoms with Gasteiger partial charge in [0, 0.05) is 40.4 Å². The average molecular weight is 792 g/mol. The molecule has 0 aliphatic heterocycles. The molecule has 4 aromatic rings. The molecule has 0 saturated carbocycles. The van der Waals surface area contributed by atoms with E-state index < -0.39 is 53.9 Å². The number of azo groups is 1. The molecule has 17 nitrogen and oxygen atoms in total. The number of nitro groups is 1. The molecule has 0 fully saturated rings. The fourth-order valence-corrected chi connectivity index (χ4v) is 5.23. The number of fused-ring (bicyclic) bond motifs is 2. The Kier molecular flexibility index (Phi) is 16.3. The summed E-state index contributed by atoms with van der Waals surface area (Å²) in [6.45, 7) is 0. The number of ketones is 2. The first-order valence-corrected chi connectivity index (χ1v) is 15.3. The van der Waals surface area contributed by atoms with E-state index in [1.54, 1.807) is 18.2 Å². The fraction of sp³-hybridized carbons (Fsp3) is 0. The molecular formula is C32H17CrN6Na2O11S. The normalized spacial score (nSPS) is 14.9. The van der Waals surface area contributed by atoms with Crippen LogP contribution in [0.2, 0.25) is 0 Å². The Bertz CT molecular complexity index is 2400. The number of carbonyl (C=O) groups is 2. The van der Waals surface area contributed by atoms with Crippen LogP contribution < -0.4 is 69.3 Å². The van der Waals surface area contributed by atoms with Crippen LogP contribution in [0.1, 0.15) is 15.9 Å².